The molecule has 1 aromatic carbocycles. The normalized spacial score (nSPS) is 15.0. The molecule has 0 aliphatic carbocycles. The Morgan fingerprint density at radius 3 is 2.42 bits per heavy atom. The first-order valence-corrected chi connectivity index (χ1v) is 8.83. The fourth-order valence-corrected chi connectivity index (χ4v) is 2.91. The molecule has 26 heavy (non-hydrogen) atoms. The fraction of sp³-hybridized carbons (Fsp3) is 0.526. The van der Waals surface area contributed by atoms with Crippen LogP contribution >= 0.6 is 0 Å². The number of nitrogens with two attached hydrogens (primary N) is 1. The van der Waals surface area contributed by atoms with Gasteiger partial charge in [0.05, 0.1) is 0 Å². The van der Waals surface area contributed by atoms with Gasteiger partial charge in [-0.2, -0.15) is 0 Å². The van der Waals surface area contributed by atoms with E-state index >= 15 is 0 Å². The van der Waals surface area contributed by atoms with Gasteiger partial charge in [-0.3, -0.25) is 9.59 Å². The number of piperidine rings is 1. The summed E-state index contributed by atoms with van der Waals surface area (Å²) in [6.45, 7) is 4.40. The van der Waals surface area contributed by atoms with Crippen LogP contribution in [-0.2, 0) is 19.1 Å². The summed E-state index contributed by atoms with van der Waals surface area (Å²) in [6.07, 6.45) is 1.09. The highest BCUT2D eigenvalue weighted by molar-refractivity contribution is 5.82. The van der Waals surface area contributed by atoms with Crippen molar-refractivity contribution in [3.8, 4) is 5.75 Å². The molecule has 2 rings (SSSR count). The Hall–Kier alpha value is -2.57. The molecular formula is C19H26N2O5. The van der Waals surface area contributed by atoms with E-state index in [0.717, 1.165) is 5.56 Å². The lowest BCUT2D eigenvalue weighted by atomic mass is 9.96. The maximum absolute atomic E-state index is 12.1. The minimum absolute atomic E-state index is 0.184. The molecule has 2 amide bonds. The first kappa shape index (κ1) is 19.8. The van der Waals surface area contributed by atoms with Crippen LogP contribution < -0.4 is 10.5 Å². The van der Waals surface area contributed by atoms with Gasteiger partial charge in [0, 0.05) is 19.0 Å². The molecule has 0 radical (unpaired) electrons. The molecule has 1 aliphatic heterocycles. The smallest absolute Gasteiger partial charge is 0.344 e. The molecule has 0 atom stereocenters. The van der Waals surface area contributed by atoms with Crippen molar-refractivity contribution in [3.63, 3.8) is 0 Å². The van der Waals surface area contributed by atoms with Gasteiger partial charge in [0.25, 0.3) is 5.91 Å². The lowest BCUT2D eigenvalue weighted by Crippen LogP contribution is -2.43. The highest BCUT2D eigenvalue weighted by Gasteiger charge is 2.26. The summed E-state index contributed by atoms with van der Waals surface area (Å²) in [5.41, 5.74) is 6.28. The Morgan fingerprint density at radius 1 is 1.15 bits per heavy atom. The minimum Gasteiger partial charge on any atom is -0.482 e. The van der Waals surface area contributed by atoms with Gasteiger partial charge >= 0.3 is 5.97 Å². The zero-order chi connectivity index (χ0) is 19.1. The average Bonchev–Trinajstić information content (AvgIpc) is 2.64. The van der Waals surface area contributed by atoms with Crippen LogP contribution in [0.4, 0.5) is 0 Å². The van der Waals surface area contributed by atoms with Gasteiger partial charge in [0.15, 0.2) is 13.2 Å². The molecular weight excluding hydrogens is 336 g/mol. The lowest BCUT2D eigenvalue weighted by molar-refractivity contribution is -0.154. The highest BCUT2D eigenvalue weighted by atomic mass is 16.6. The first-order chi connectivity index (χ1) is 12.4. The Bertz CT molecular complexity index is 651. The lowest BCUT2D eigenvalue weighted by Gasteiger charge is -2.30. The molecule has 0 bridgehead atoms. The summed E-state index contributed by atoms with van der Waals surface area (Å²) in [5.74, 6) is -0.474. The largest absolute Gasteiger partial charge is 0.482 e. The molecule has 1 aliphatic rings. The van der Waals surface area contributed by atoms with E-state index in [1.165, 1.54) is 0 Å². The van der Waals surface area contributed by atoms with Gasteiger partial charge in [-0.05, 0) is 30.4 Å². The van der Waals surface area contributed by atoms with Crippen molar-refractivity contribution in [2.45, 2.75) is 32.6 Å². The predicted molar refractivity (Wildman–Crippen MR) is 95.5 cm³/mol. The Morgan fingerprint density at radius 2 is 1.81 bits per heavy atom. The van der Waals surface area contributed by atoms with E-state index < -0.39 is 5.97 Å². The number of ether oxygens (including phenoxy) is 2. The van der Waals surface area contributed by atoms with Gasteiger partial charge in [0.2, 0.25) is 5.91 Å². The number of likely N-dealkylation sites (tertiary alicyclic amines) is 1. The summed E-state index contributed by atoms with van der Waals surface area (Å²) in [4.78, 5) is 36.7. The first-order valence-electron chi connectivity index (χ1n) is 8.83. The number of rotatable bonds is 7. The third-order valence-corrected chi connectivity index (χ3v) is 4.49. The number of hydrogen-bond donors (Lipinski definition) is 1. The van der Waals surface area contributed by atoms with Crippen molar-refractivity contribution >= 4 is 17.8 Å². The number of para-hydroxylation sites is 1. The monoisotopic (exact) mass is 362 g/mol. The molecule has 0 aromatic heterocycles. The number of amides is 2. The van der Waals surface area contributed by atoms with E-state index in [9.17, 15) is 14.4 Å². The van der Waals surface area contributed by atoms with E-state index in [2.05, 4.69) is 0 Å². The van der Waals surface area contributed by atoms with E-state index in [0.29, 0.717) is 31.7 Å². The Balaban J connectivity index is 1.74. The molecule has 142 valence electrons. The minimum atomic E-state index is -0.594. The third-order valence-electron chi connectivity index (χ3n) is 4.49. The zero-order valence-corrected chi connectivity index (χ0v) is 15.3. The van der Waals surface area contributed by atoms with Crippen LogP contribution in [0.25, 0.3) is 0 Å². The SMILES string of the molecule is CC(C)c1ccccc1OCC(=O)OCC(=O)N1CCC(C(N)=O)CC1. The van der Waals surface area contributed by atoms with Gasteiger partial charge in [-0.15, -0.1) is 0 Å². The summed E-state index contributed by atoms with van der Waals surface area (Å²) in [7, 11) is 0. The number of benzene rings is 1. The van der Waals surface area contributed by atoms with E-state index in [-0.39, 0.29) is 36.9 Å². The Labute approximate surface area is 153 Å². The van der Waals surface area contributed by atoms with E-state index in [4.69, 9.17) is 15.2 Å². The van der Waals surface area contributed by atoms with Crippen molar-refractivity contribution in [3.05, 3.63) is 29.8 Å². The average molecular weight is 362 g/mol. The molecule has 7 nitrogen and oxygen atoms in total. The second kappa shape index (κ2) is 9.22. The van der Waals surface area contributed by atoms with Crippen molar-refractivity contribution in [2.24, 2.45) is 11.7 Å². The number of carbonyl (C=O) groups excluding carboxylic acids is 3. The number of primary amides is 1. The topological polar surface area (TPSA) is 98.9 Å². The third kappa shape index (κ3) is 5.47. The van der Waals surface area contributed by atoms with Crippen molar-refractivity contribution in [2.75, 3.05) is 26.3 Å². The summed E-state index contributed by atoms with van der Waals surface area (Å²) in [6, 6.07) is 7.51. The van der Waals surface area contributed by atoms with Crippen LogP contribution in [0.2, 0.25) is 0 Å². The molecule has 1 heterocycles. The van der Waals surface area contributed by atoms with Crippen LogP contribution in [-0.4, -0.2) is 49.0 Å². The van der Waals surface area contributed by atoms with Crippen molar-refractivity contribution in [1.82, 2.24) is 4.90 Å². The van der Waals surface area contributed by atoms with Crippen molar-refractivity contribution in [1.29, 1.82) is 0 Å². The van der Waals surface area contributed by atoms with Gasteiger partial charge in [0.1, 0.15) is 5.75 Å². The van der Waals surface area contributed by atoms with Crippen LogP contribution in [0.15, 0.2) is 24.3 Å². The molecule has 1 aromatic rings. The second-order valence-corrected chi connectivity index (χ2v) is 6.70. The number of nitrogens with zero attached hydrogens (tertiary/aromatic N) is 1. The van der Waals surface area contributed by atoms with Crippen molar-refractivity contribution < 1.29 is 23.9 Å². The standard InChI is InChI=1S/C19H26N2O5/c1-13(2)15-5-3-4-6-16(15)25-12-18(23)26-11-17(22)21-9-7-14(8-10-21)19(20)24/h3-6,13-14H,7-12H2,1-2H3,(H2,20,24). The maximum Gasteiger partial charge on any atom is 0.344 e. The van der Waals surface area contributed by atoms with Gasteiger partial charge in [-0.25, -0.2) is 4.79 Å². The molecule has 1 fully saturated rings. The molecule has 7 heteroatoms. The van der Waals surface area contributed by atoms with Gasteiger partial charge in [-0.1, -0.05) is 32.0 Å². The summed E-state index contributed by atoms with van der Waals surface area (Å²) >= 11 is 0. The van der Waals surface area contributed by atoms with Crippen LogP contribution in [0, 0.1) is 5.92 Å². The molecule has 0 spiro atoms. The number of hydrogen-bond acceptors (Lipinski definition) is 5. The van der Waals surface area contributed by atoms with E-state index in [1.807, 2.05) is 32.0 Å². The van der Waals surface area contributed by atoms with E-state index in [1.54, 1.807) is 11.0 Å². The predicted octanol–water partition coefficient (Wildman–Crippen LogP) is 1.46. The van der Waals surface area contributed by atoms with Crippen LogP contribution in [0.5, 0.6) is 5.75 Å². The zero-order valence-electron chi connectivity index (χ0n) is 15.3. The maximum atomic E-state index is 12.1. The van der Waals surface area contributed by atoms with Crippen LogP contribution in [0.3, 0.4) is 0 Å². The fourth-order valence-electron chi connectivity index (χ4n) is 2.91. The highest BCUT2D eigenvalue weighted by Crippen LogP contribution is 2.25. The summed E-state index contributed by atoms with van der Waals surface area (Å²) < 4.78 is 10.5. The quantitative estimate of drug-likeness (QED) is 0.740. The Kier molecular flexibility index (Phi) is 7.00. The summed E-state index contributed by atoms with van der Waals surface area (Å²) in [5, 5.41) is 0. The second-order valence-electron chi connectivity index (χ2n) is 6.70. The number of esters is 1. The molecule has 0 unspecified atom stereocenters. The molecule has 1 saturated heterocycles. The van der Waals surface area contributed by atoms with Gasteiger partial charge < -0.3 is 20.1 Å². The molecule has 2 N–H and O–H groups in total. The number of carbonyl (C=O) groups is 3. The van der Waals surface area contributed by atoms with Crippen LogP contribution in [0.1, 0.15) is 38.2 Å². The molecule has 0 saturated carbocycles.